The molecule has 5 heteroatoms. The highest BCUT2D eigenvalue weighted by Crippen LogP contribution is 2.26. The van der Waals surface area contributed by atoms with E-state index < -0.39 is 0 Å². The summed E-state index contributed by atoms with van der Waals surface area (Å²) in [6.07, 6.45) is 5.75. The van der Waals surface area contributed by atoms with E-state index >= 15 is 0 Å². The normalized spacial score (nSPS) is 10.8. The minimum Gasteiger partial charge on any atom is -0.493 e. The van der Waals surface area contributed by atoms with Crippen LogP contribution in [0.25, 0.3) is 0 Å². The van der Waals surface area contributed by atoms with E-state index in [1.54, 1.807) is 0 Å². The number of unbranched alkanes of at least 4 members (excludes halogenated alkanes) is 4. The standard InChI is InChI=1S/C30H42O5/c1-21-17-23(3)29(24(4)18-21)34-16-12-7-9-13-27(31)33-15-11-8-10-14-28(32)35-30-25(5)19-22(2)20-26(30)6/h17-20H,7-16H2,1-6H3. The first-order valence-electron chi connectivity index (χ1n) is 12.8. The SMILES string of the molecule is Cc1cc(C)c(OCCCCCC(=O)OCCCCCC(=O)Oc2c(C)cc(C)cc2C)c(C)c1. The van der Waals surface area contributed by atoms with E-state index in [2.05, 4.69) is 32.9 Å². The molecule has 2 aromatic rings. The first kappa shape index (κ1) is 28.4. The largest absolute Gasteiger partial charge is 0.493 e. The second kappa shape index (κ2) is 14.6. The van der Waals surface area contributed by atoms with Crippen LogP contribution in [-0.4, -0.2) is 25.2 Å². The van der Waals surface area contributed by atoms with Crippen LogP contribution in [0.4, 0.5) is 0 Å². The lowest BCUT2D eigenvalue weighted by molar-refractivity contribution is -0.144. The molecule has 0 spiro atoms. The fourth-order valence-electron chi connectivity index (χ4n) is 4.42. The van der Waals surface area contributed by atoms with Crippen LogP contribution < -0.4 is 9.47 Å². The molecule has 0 N–H and O–H groups in total. The number of carbonyl (C=O) groups is 2. The number of esters is 2. The lowest BCUT2D eigenvalue weighted by Gasteiger charge is -2.13. The van der Waals surface area contributed by atoms with Gasteiger partial charge in [0.1, 0.15) is 11.5 Å². The lowest BCUT2D eigenvalue weighted by atomic mass is 10.1. The number of ether oxygens (including phenoxy) is 3. The summed E-state index contributed by atoms with van der Waals surface area (Å²) < 4.78 is 16.8. The van der Waals surface area contributed by atoms with Gasteiger partial charge in [-0.15, -0.1) is 0 Å². The van der Waals surface area contributed by atoms with Gasteiger partial charge in [0.2, 0.25) is 0 Å². The molecule has 0 heterocycles. The Morgan fingerprint density at radius 2 is 1.03 bits per heavy atom. The van der Waals surface area contributed by atoms with E-state index in [0.717, 1.165) is 61.0 Å². The van der Waals surface area contributed by atoms with Crippen molar-refractivity contribution in [1.82, 2.24) is 0 Å². The summed E-state index contributed by atoms with van der Waals surface area (Å²) in [5, 5.41) is 0. The number of carbonyl (C=O) groups excluding carboxylic acids is 2. The van der Waals surface area contributed by atoms with Gasteiger partial charge < -0.3 is 14.2 Å². The average molecular weight is 483 g/mol. The molecule has 0 amide bonds. The summed E-state index contributed by atoms with van der Waals surface area (Å²) in [6, 6.07) is 8.31. The van der Waals surface area contributed by atoms with Crippen LogP contribution in [0.15, 0.2) is 24.3 Å². The molecular formula is C30H42O5. The van der Waals surface area contributed by atoms with E-state index in [4.69, 9.17) is 14.2 Å². The zero-order valence-electron chi connectivity index (χ0n) is 22.4. The van der Waals surface area contributed by atoms with E-state index in [1.165, 1.54) is 16.7 Å². The van der Waals surface area contributed by atoms with Gasteiger partial charge >= 0.3 is 11.9 Å². The van der Waals surface area contributed by atoms with Crippen LogP contribution in [0.5, 0.6) is 11.5 Å². The van der Waals surface area contributed by atoms with Crippen molar-refractivity contribution in [2.24, 2.45) is 0 Å². The second-order valence-electron chi connectivity index (χ2n) is 9.62. The molecule has 0 saturated heterocycles. The Bertz CT molecular complexity index is 946. The molecular weight excluding hydrogens is 440 g/mol. The Morgan fingerprint density at radius 3 is 1.57 bits per heavy atom. The summed E-state index contributed by atoms with van der Waals surface area (Å²) in [5.41, 5.74) is 6.70. The summed E-state index contributed by atoms with van der Waals surface area (Å²) in [5.74, 6) is 1.28. The maximum absolute atomic E-state index is 12.1. The summed E-state index contributed by atoms with van der Waals surface area (Å²) in [4.78, 5) is 24.1. The van der Waals surface area contributed by atoms with E-state index in [0.29, 0.717) is 31.8 Å². The van der Waals surface area contributed by atoms with Crippen LogP contribution in [0, 0.1) is 41.5 Å². The molecule has 0 aliphatic rings. The minimum absolute atomic E-state index is 0.152. The highest BCUT2D eigenvalue weighted by Gasteiger charge is 2.11. The molecule has 0 saturated carbocycles. The van der Waals surface area contributed by atoms with Gasteiger partial charge in [0, 0.05) is 12.8 Å². The molecule has 5 nitrogen and oxygen atoms in total. The van der Waals surface area contributed by atoms with Crippen molar-refractivity contribution in [2.75, 3.05) is 13.2 Å². The molecule has 0 radical (unpaired) electrons. The van der Waals surface area contributed by atoms with Crippen molar-refractivity contribution in [2.45, 2.75) is 92.9 Å². The van der Waals surface area contributed by atoms with Gasteiger partial charge in [-0.05, 0) is 102 Å². The Balaban J connectivity index is 1.49. The minimum atomic E-state index is -0.214. The number of aryl methyl sites for hydroxylation is 6. The predicted molar refractivity (Wildman–Crippen MR) is 140 cm³/mol. The molecule has 35 heavy (non-hydrogen) atoms. The molecule has 0 unspecified atom stereocenters. The van der Waals surface area contributed by atoms with Crippen molar-refractivity contribution in [1.29, 1.82) is 0 Å². The van der Waals surface area contributed by atoms with Gasteiger partial charge in [-0.1, -0.05) is 35.4 Å². The molecule has 0 aromatic heterocycles. The molecule has 0 aliphatic carbocycles. The fourth-order valence-corrected chi connectivity index (χ4v) is 4.42. The van der Waals surface area contributed by atoms with Crippen molar-refractivity contribution >= 4 is 11.9 Å². The van der Waals surface area contributed by atoms with Gasteiger partial charge in [-0.25, -0.2) is 0 Å². The number of hydrogen-bond donors (Lipinski definition) is 0. The van der Waals surface area contributed by atoms with Crippen LogP contribution in [0.1, 0.15) is 84.7 Å². The molecule has 2 aromatic carbocycles. The first-order chi connectivity index (χ1) is 16.7. The zero-order chi connectivity index (χ0) is 25.8. The maximum Gasteiger partial charge on any atom is 0.311 e. The van der Waals surface area contributed by atoms with Crippen molar-refractivity contribution in [3.63, 3.8) is 0 Å². The van der Waals surface area contributed by atoms with Gasteiger partial charge in [0.05, 0.1) is 13.2 Å². The molecule has 192 valence electrons. The van der Waals surface area contributed by atoms with E-state index in [9.17, 15) is 9.59 Å². The smallest absolute Gasteiger partial charge is 0.311 e. The molecule has 2 rings (SSSR count). The quantitative estimate of drug-likeness (QED) is 0.162. The third-order valence-electron chi connectivity index (χ3n) is 5.99. The first-order valence-corrected chi connectivity index (χ1v) is 12.8. The monoisotopic (exact) mass is 482 g/mol. The van der Waals surface area contributed by atoms with Gasteiger partial charge in [-0.3, -0.25) is 9.59 Å². The Morgan fingerprint density at radius 1 is 0.571 bits per heavy atom. The van der Waals surface area contributed by atoms with Gasteiger partial charge in [0.15, 0.2) is 0 Å². The zero-order valence-corrected chi connectivity index (χ0v) is 22.4. The van der Waals surface area contributed by atoms with Crippen LogP contribution >= 0.6 is 0 Å². The van der Waals surface area contributed by atoms with Crippen molar-refractivity contribution in [3.8, 4) is 11.5 Å². The topological polar surface area (TPSA) is 61.8 Å². The summed E-state index contributed by atoms with van der Waals surface area (Å²) in [6.45, 7) is 13.2. The highest BCUT2D eigenvalue weighted by molar-refractivity contribution is 5.73. The Hall–Kier alpha value is -2.82. The fraction of sp³-hybridized carbons (Fsp3) is 0.533. The summed E-state index contributed by atoms with van der Waals surface area (Å²) in [7, 11) is 0. The third kappa shape index (κ3) is 10.1. The number of hydrogen-bond acceptors (Lipinski definition) is 5. The van der Waals surface area contributed by atoms with Crippen LogP contribution in [-0.2, 0) is 14.3 Å². The molecule has 0 atom stereocenters. The van der Waals surface area contributed by atoms with Gasteiger partial charge in [0.25, 0.3) is 0 Å². The van der Waals surface area contributed by atoms with E-state index in [1.807, 2.05) is 32.9 Å². The Kier molecular flexibility index (Phi) is 11.8. The predicted octanol–water partition coefficient (Wildman–Crippen LogP) is 7.19. The number of benzene rings is 2. The number of rotatable bonds is 14. The lowest BCUT2D eigenvalue weighted by Crippen LogP contribution is -2.10. The van der Waals surface area contributed by atoms with Crippen molar-refractivity contribution < 1.29 is 23.8 Å². The molecule has 0 aliphatic heterocycles. The highest BCUT2D eigenvalue weighted by atomic mass is 16.5. The van der Waals surface area contributed by atoms with Gasteiger partial charge in [-0.2, -0.15) is 0 Å². The van der Waals surface area contributed by atoms with Crippen molar-refractivity contribution in [3.05, 3.63) is 57.6 Å². The molecule has 0 bridgehead atoms. The summed E-state index contributed by atoms with van der Waals surface area (Å²) >= 11 is 0. The average Bonchev–Trinajstić information content (AvgIpc) is 2.76. The van der Waals surface area contributed by atoms with E-state index in [-0.39, 0.29) is 11.9 Å². The maximum atomic E-state index is 12.1. The molecule has 0 fully saturated rings. The van der Waals surface area contributed by atoms with Crippen LogP contribution in [0.3, 0.4) is 0 Å². The van der Waals surface area contributed by atoms with Crippen LogP contribution in [0.2, 0.25) is 0 Å². The third-order valence-corrected chi connectivity index (χ3v) is 5.99. The Labute approximate surface area is 211 Å². The second-order valence-corrected chi connectivity index (χ2v) is 9.62.